The second kappa shape index (κ2) is 26.7. The summed E-state index contributed by atoms with van der Waals surface area (Å²) < 4.78 is 58.8. The molecule has 1 spiro atoms. The maximum absolute atomic E-state index is 14.0. The smallest absolute Gasteiger partial charge is 0.308 e. The minimum absolute atomic E-state index is 0.00167. The van der Waals surface area contributed by atoms with Crippen LogP contribution in [0.2, 0.25) is 0 Å². The largest absolute Gasteiger partial charge is 0.481 e. The van der Waals surface area contributed by atoms with E-state index in [0.717, 1.165) is 44.1 Å². The lowest BCUT2D eigenvalue weighted by molar-refractivity contribution is -0.359. The van der Waals surface area contributed by atoms with Gasteiger partial charge in [0.15, 0.2) is 17.4 Å². The molecular weight excluding hydrogens is 1010 g/mol. The summed E-state index contributed by atoms with van der Waals surface area (Å²) in [5.41, 5.74) is -1.28. The van der Waals surface area contributed by atoms with E-state index in [-0.39, 0.29) is 43.0 Å². The lowest BCUT2D eigenvalue weighted by Crippen LogP contribution is -2.62. The molecule has 0 aromatic heterocycles. The standard InChI is InChI=1S/C63H102O16/c1-9-10-11-12-13-14-15-16-17-18-19-20-21-24-53(66)77-63(55(67)43(4)29-35-71-63)52-37-45(64)48(72-52)26-25-41(2)36-42(3)38-58(6)31-28-51(76-58)62-34-33-59(7,79-62)40-50(75-62)54-46(65)39-60(8,78-54)56(68)49-27-32-61(74-49)30-22-23-47(73-61)44(5)57(69)70/h25-26,36,42-45,47-52,54-56,64,67-68H,9-24,27-35,37-40H2,1-8H3,(H,69,70)/b26-25+,41-36+/t42-,43+,44+,45+,47-,48+,49-,50+,51+,52-,54-,55+,56-,58+,59-,60+,61+,62-,63-/m0/s1. The van der Waals surface area contributed by atoms with Gasteiger partial charge < -0.3 is 63.1 Å². The first kappa shape index (κ1) is 62.7. The predicted octanol–water partition coefficient (Wildman–Crippen LogP) is 10.8. The van der Waals surface area contributed by atoms with Crippen LogP contribution in [-0.4, -0.2) is 140 Å². The maximum Gasteiger partial charge on any atom is 0.308 e. The second-order valence-electron chi connectivity index (χ2n) is 26.6. The molecule has 0 unspecified atom stereocenters. The Morgan fingerprint density at radius 1 is 0.797 bits per heavy atom. The number of rotatable bonds is 27. The molecule has 8 saturated heterocycles. The Kier molecular flexibility index (Phi) is 21.2. The molecule has 16 heteroatoms. The zero-order valence-electron chi connectivity index (χ0n) is 49.4. The molecule has 2 bridgehead atoms. The molecule has 0 aromatic carbocycles. The molecule has 0 aliphatic carbocycles. The van der Waals surface area contributed by atoms with E-state index >= 15 is 0 Å². The highest BCUT2D eigenvalue weighted by molar-refractivity contribution is 5.86. The number of aliphatic hydroxyl groups excluding tert-OH is 3. The molecule has 0 amide bonds. The molecule has 0 radical (unpaired) electrons. The van der Waals surface area contributed by atoms with Gasteiger partial charge in [-0.2, -0.15) is 0 Å². The van der Waals surface area contributed by atoms with Gasteiger partial charge in [-0.25, -0.2) is 0 Å². The molecule has 8 aliphatic rings. The Morgan fingerprint density at radius 2 is 1.48 bits per heavy atom. The molecule has 0 aromatic rings. The van der Waals surface area contributed by atoms with E-state index in [4.69, 9.17) is 42.6 Å². The van der Waals surface area contributed by atoms with Gasteiger partial charge in [0.1, 0.15) is 42.2 Å². The average Bonchev–Trinajstić information content (AvgIpc) is 4.31. The third-order valence-electron chi connectivity index (χ3n) is 19.4. The first-order valence-corrected chi connectivity index (χ1v) is 31.3. The first-order valence-electron chi connectivity index (χ1n) is 31.3. The number of carboxylic acids is 1. The number of esters is 1. The Bertz CT molecular complexity index is 2100. The van der Waals surface area contributed by atoms with Crippen molar-refractivity contribution in [1.29, 1.82) is 0 Å². The SMILES string of the molecule is CCCCCCCCCCCCCCCC(=O)O[C@]1([C@@H]2C[C@@H](O)[C@@H](/C=C/C(C)=C/[C@H](C)C[C@@]3(C)CC[C@H]([C@@]45CC[C@@](C)(C[C@H]([C@H]6O[C@@](C)([C@@H](O)[C@@H]7CC[C@@]8(CCC[C@@H]([C@@H](C)C(=O)O)O8)O7)CC6=O)O4)O5)O3)O2)OCC[C@@H](C)[C@H]1O. The average molecular weight is 1120 g/mol. The summed E-state index contributed by atoms with van der Waals surface area (Å²) in [5.74, 6) is -5.94. The topological polar surface area (TPSA) is 215 Å². The lowest BCUT2D eigenvalue weighted by atomic mass is 9.86. The monoisotopic (exact) mass is 1110 g/mol. The Labute approximate surface area is 472 Å². The van der Waals surface area contributed by atoms with Crippen LogP contribution in [0.25, 0.3) is 0 Å². The van der Waals surface area contributed by atoms with E-state index in [1.807, 2.05) is 26.0 Å². The number of fused-ring (bicyclic) bond motifs is 2. The molecule has 16 nitrogen and oxygen atoms in total. The van der Waals surface area contributed by atoms with E-state index < -0.39 is 107 Å². The number of hydrogen-bond acceptors (Lipinski definition) is 15. The van der Waals surface area contributed by atoms with Crippen molar-refractivity contribution in [3.05, 3.63) is 23.8 Å². The molecule has 8 rings (SSSR count). The molecule has 8 fully saturated rings. The number of ether oxygens (including phenoxy) is 9. The first-order chi connectivity index (χ1) is 37.5. The van der Waals surface area contributed by atoms with E-state index in [2.05, 4.69) is 33.8 Å². The number of aliphatic hydroxyl groups is 3. The Balaban J connectivity index is 0.803. The number of carboxylic acid groups (broad SMARTS) is 1. The van der Waals surface area contributed by atoms with Gasteiger partial charge >= 0.3 is 11.9 Å². The van der Waals surface area contributed by atoms with Crippen molar-refractivity contribution in [2.45, 2.75) is 330 Å². The maximum atomic E-state index is 14.0. The molecule has 450 valence electrons. The van der Waals surface area contributed by atoms with Gasteiger partial charge in [-0.15, -0.1) is 0 Å². The number of hydrogen-bond donors (Lipinski definition) is 4. The Morgan fingerprint density at radius 3 is 2.18 bits per heavy atom. The van der Waals surface area contributed by atoms with Crippen molar-refractivity contribution >= 4 is 17.7 Å². The third kappa shape index (κ3) is 15.0. The zero-order valence-corrected chi connectivity index (χ0v) is 49.4. The van der Waals surface area contributed by atoms with Gasteiger partial charge in [0, 0.05) is 44.9 Å². The number of carbonyl (C=O) groups excluding carboxylic acids is 2. The van der Waals surface area contributed by atoms with E-state index in [1.54, 1.807) is 13.8 Å². The van der Waals surface area contributed by atoms with Gasteiger partial charge in [-0.05, 0) is 104 Å². The third-order valence-corrected chi connectivity index (χ3v) is 19.4. The fourth-order valence-corrected chi connectivity index (χ4v) is 14.8. The van der Waals surface area contributed by atoms with Crippen LogP contribution in [-0.2, 0) is 57.0 Å². The van der Waals surface area contributed by atoms with Crippen molar-refractivity contribution in [2.24, 2.45) is 17.8 Å². The second-order valence-corrected chi connectivity index (χ2v) is 26.6. The summed E-state index contributed by atoms with van der Waals surface area (Å²) in [7, 11) is 0. The van der Waals surface area contributed by atoms with Crippen LogP contribution in [0.4, 0.5) is 0 Å². The minimum Gasteiger partial charge on any atom is -0.481 e. The number of Topliss-reactive ketones (excluding diaryl/α,β-unsaturated/α-hetero) is 1. The number of aliphatic carboxylic acids is 1. The number of allylic oxidation sites excluding steroid dienone is 3. The molecule has 4 N–H and O–H groups in total. The fraction of sp³-hybridized carbons (Fsp3) is 0.889. The van der Waals surface area contributed by atoms with Crippen LogP contribution < -0.4 is 0 Å². The normalized spacial score (nSPS) is 41.9. The Hall–Kier alpha value is -2.35. The van der Waals surface area contributed by atoms with E-state index in [0.29, 0.717) is 64.4 Å². The van der Waals surface area contributed by atoms with Gasteiger partial charge in [-0.3, -0.25) is 14.4 Å². The van der Waals surface area contributed by atoms with Crippen LogP contribution in [0.5, 0.6) is 0 Å². The fourth-order valence-electron chi connectivity index (χ4n) is 14.8. The van der Waals surface area contributed by atoms with Gasteiger partial charge in [0.05, 0.1) is 48.1 Å². The van der Waals surface area contributed by atoms with Crippen molar-refractivity contribution in [2.75, 3.05) is 6.61 Å². The van der Waals surface area contributed by atoms with Gasteiger partial charge in [0.25, 0.3) is 5.79 Å². The summed E-state index contributed by atoms with van der Waals surface area (Å²) in [6.07, 6.45) is 22.1. The lowest BCUT2D eigenvalue weighted by Gasteiger charge is -2.47. The van der Waals surface area contributed by atoms with Crippen LogP contribution in [0.1, 0.15) is 235 Å². The number of carbonyl (C=O) groups is 3. The predicted molar refractivity (Wildman–Crippen MR) is 296 cm³/mol. The van der Waals surface area contributed by atoms with Crippen LogP contribution in [0.15, 0.2) is 23.8 Å². The highest BCUT2D eigenvalue weighted by atomic mass is 16.8. The highest BCUT2D eigenvalue weighted by Crippen LogP contribution is 2.55. The highest BCUT2D eigenvalue weighted by Gasteiger charge is 2.65. The molecule has 0 saturated carbocycles. The molecule has 19 atom stereocenters. The van der Waals surface area contributed by atoms with Gasteiger partial charge in [-0.1, -0.05) is 122 Å². The minimum atomic E-state index is -1.70. The molecule has 8 heterocycles. The van der Waals surface area contributed by atoms with E-state index in [1.165, 1.54) is 64.2 Å². The molecule has 8 aliphatic heterocycles. The van der Waals surface area contributed by atoms with Crippen LogP contribution in [0.3, 0.4) is 0 Å². The summed E-state index contributed by atoms with van der Waals surface area (Å²) in [4.78, 5) is 39.1. The van der Waals surface area contributed by atoms with Crippen molar-refractivity contribution in [3.63, 3.8) is 0 Å². The van der Waals surface area contributed by atoms with Crippen LogP contribution in [0, 0.1) is 17.8 Å². The zero-order chi connectivity index (χ0) is 56.8. The molecule has 79 heavy (non-hydrogen) atoms. The van der Waals surface area contributed by atoms with Crippen molar-refractivity contribution in [3.8, 4) is 0 Å². The summed E-state index contributed by atoms with van der Waals surface area (Å²) in [5, 5.41) is 44.4. The van der Waals surface area contributed by atoms with Gasteiger partial charge in [0.2, 0.25) is 0 Å². The number of ketones is 1. The summed E-state index contributed by atoms with van der Waals surface area (Å²) >= 11 is 0. The summed E-state index contributed by atoms with van der Waals surface area (Å²) in [6, 6.07) is 0. The summed E-state index contributed by atoms with van der Waals surface area (Å²) in [6.45, 7) is 16.3. The van der Waals surface area contributed by atoms with E-state index in [9.17, 15) is 34.8 Å². The number of unbranched alkanes of at least 4 members (excludes halogenated alkanes) is 12. The molecular formula is C63H102O16. The van der Waals surface area contributed by atoms with Crippen molar-refractivity contribution in [1.82, 2.24) is 0 Å². The quantitative estimate of drug-likeness (QED) is 0.0342. The van der Waals surface area contributed by atoms with Crippen LogP contribution >= 0.6 is 0 Å². The van der Waals surface area contributed by atoms with Crippen molar-refractivity contribution < 1.29 is 77.4 Å².